The monoisotopic (exact) mass is 549 g/mol. The van der Waals surface area contributed by atoms with E-state index in [1.165, 1.54) is 18.3 Å². The number of carbonyl (C=O) groups is 1. The van der Waals surface area contributed by atoms with Crippen LogP contribution in [0.15, 0.2) is 85.3 Å². The predicted octanol–water partition coefficient (Wildman–Crippen LogP) is 6.82. The van der Waals surface area contributed by atoms with Gasteiger partial charge in [-0.1, -0.05) is 18.2 Å². The van der Waals surface area contributed by atoms with Crippen LogP contribution in [0.3, 0.4) is 0 Å². The minimum Gasteiger partial charge on any atom is -0.321 e. The molecule has 8 nitrogen and oxygen atoms in total. The molecule has 194 valence electrons. The summed E-state index contributed by atoms with van der Waals surface area (Å²) in [5.41, 5.74) is 4.53. The molecule has 40 heavy (non-hydrogen) atoms. The molecular formula is C29H17F2N7OS. The van der Waals surface area contributed by atoms with Gasteiger partial charge in [0.2, 0.25) is 0 Å². The molecular weight excluding hydrogens is 532 g/mol. The summed E-state index contributed by atoms with van der Waals surface area (Å²) in [7, 11) is 0. The standard InChI is InChI=1S/C29H17F2N7OS/c30-21-12-16(17-10-18(14-32-13-17)34-29(39)15-4-2-1-3-5-15)11-20-24(21)37-38-26(20)28-35-25-19(8-9-33-27(25)36-28)22-6-7-23(31)40-22/h1-14H,(H,34,39)(H,37,38)(H,33,35,36). The topological polar surface area (TPSA) is 112 Å². The van der Waals surface area contributed by atoms with E-state index >= 15 is 4.39 Å². The third-order valence-electron chi connectivity index (χ3n) is 6.44. The second-order valence-electron chi connectivity index (χ2n) is 8.98. The minimum atomic E-state index is -0.506. The fourth-order valence-corrected chi connectivity index (χ4v) is 5.32. The Balaban J connectivity index is 1.28. The van der Waals surface area contributed by atoms with Gasteiger partial charge in [-0.3, -0.25) is 14.9 Å². The summed E-state index contributed by atoms with van der Waals surface area (Å²) in [4.78, 5) is 29.8. The molecule has 0 radical (unpaired) electrons. The van der Waals surface area contributed by atoms with Crippen molar-refractivity contribution in [3.05, 3.63) is 102 Å². The molecule has 0 saturated carbocycles. The highest BCUT2D eigenvalue weighted by Gasteiger charge is 2.19. The normalized spacial score (nSPS) is 11.3. The Hall–Kier alpha value is -5.29. The van der Waals surface area contributed by atoms with E-state index in [-0.39, 0.29) is 16.6 Å². The lowest BCUT2D eigenvalue weighted by Crippen LogP contribution is -2.11. The summed E-state index contributed by atoms with van der Waals surface area (Å²) in [6.07, 6.45) is 4.74. The molecule has 5 aromatic heterocycles. The van der Waals surface area contributed by atoms with Gasteiger partial charge >= 0.3 is 0 Å². The zero-order valence-corrected chi connectivity index (χ0v) is 21.3. The summed E-state index contributed by atoms with van der Waals surface area (Å²) in [6, 6.07) is 18.6. The minimum absolute atomic E-state index is 0.217. The van der Waals surface area contributed by atoms with Crippen molar-refractivity contribution in [2.75, 3.05) is 5.32 Å². The van der Waals surface area contributed by atoms with Crippen molar-refractivity contribution in [1.82, 2.24) is 30.1 Å². The maximum Gasteiger partial charge on any atom is 0.255 e. The van der Waals surface area contributed by atoms with Crippen LogP contribution in [0, 0.1) is 10.9 Å². The molecule has 1 amide bonds. The number of thiophene rings is 1. The lowest BCUT2D eigenvalue weighted by molar-refractivity contribution is 0.102. The first-order chi connectivity index (χ1) is 19.5. The van der Waals surface area contributed by atoms with Gasteiger partial charge in [0.05, 0.1) is 11.9 Å². The summed E-state index contributed by atoms with van der Waals surface area (Å²) in [6.45, 7) is 0. The second-order valence-corrected chi connectivity index (χ2v) is 10.0. The fraction of sp³-hybridized carbons (Fsp3) is 0. The third-order valence-corrected chi connectivity index (χ3v) is 7.34. The highest BCUT2D eigenvalue weighted by atomic mass is 32.1. The zero-order valence-electron chi connectivity index (χ0n) is 20.4. The highest BCUT2D eigenvalue weighted by Crippen LogP contribution is 2.35. The Labute approximate surface area is 228 Å². The number of H-pyrrole nitrogens is 2. The predicted molar refractivity (Wildman–Crippen MR) is 150 cm³/mol. The van der Waals surface area contributed by atoms with Crippen molar-refractivity contribution in [2.24, 2.45) is 0 Å². The SMILES string of the molecule is O=C(Nc1cncc(-c2cc(F)c3[nH]nc(-c4nc5c(-c6ccc(F)s6)ccnc5[nH]4)c3c2)c1)c1ccccc1. The number of amides is 1. The average molecular weight is 550 g/mol. The Bertz CT molecular complexity index is 2050. The molecule has 2 aromatic carbocycles. The van der Waals surface area contributed by atoms with Crippen molar-refractivity contribution in [2.45, 2.75) is 0 Å². The molecule has 0 bridgehead atoms. The number of benzene rings is 2. The summed E-state index contributed by atoms with van der Waals surface area (Å²) in [5.74, 6) is -0.396. The largest absolute Gasteiger partial charge is 0.321 e. The number of anilines is 1. The van der Waals surface area contributed by atoms with Crippen molar-refractivity contribution in [1.29, 1.82) is 0 Å². The number of nitrogens with zero attached hydrogens (tertiary/aromatic N) is 4. The van der Waals surface area contributed by atoms with Crippen LogP contribution < -0.4 is 5.32 Å². The Kier molecular flexibility index (Phi) is 5.64. The fourth-order valence-electron chi connectivity index (χ4n) is 4.57. The molecule has 0 saturated heterocycles. The molecule has 0 fully saturated rings. The third kappa shape index (κ3) is 4.18. The maximum absolute atomic E-state index is 15.2. The number of pyridine rings is 2. The molecule has 0 aliphatic carbocycles. The molecule has 11 heteroatoms. The number of fused-ring (bicyclic) bond motifs is 2. The van der Waals surface area contributed by atoms with Gasteiger partial charge in [-0.25, -0.2) is 14.4 Å². The second kappa shape index (κ2) is 9.47. The van der Waals surface area contributed by atoms with E-state index in [0.717, 1.165) is 21.8 Å². The van der Waals surface area contributed by atoms with E-state index < -0.39 is 5.82 Å². The van der Waals surface area contributed by atoms with Crippen LogP contribution >= 0.6 is 11.3 Å². The molecule has 0 unspecified atom stereocenters. The van der Waals surface area contributed by atoms with Gasteiger partial charge in [0.15, 0.2) is 16.6 Å². The number of rotatable bonds is 5. The first-order valence-electron chi connectivity index (χ1n) is 12.1. The molecule has 5 heterocycles. The van der Waals surface area contributed by atoms with E-state index in [1.807, 2.05) is 6.07 Å². The molecule has 3 N–H and O–H groups in total. The molecule has 0 spiro atoms. The van der Waals surface area contributed by atoms with Gasteiger partial charge in [-0.05, 0) is 54.1 Å². The number of carbonyl (C=O) groups excluding carboxylic acids is 1. The van der Waals surface area contributed by atoms with Crippen LogP contribution in [0.25, 0.3) is 55.2 Å². The average Bonchev–Trinajstić information content (AvgIpc) is 3.71. The molecule has 7 rings (SSSR count). The van der Waals surface area contributed by atoms with Gasteiger partial charge in [0, 0.05) is 39.3 Å². The Morgan fingerprint density at radius 2 is 1.82 bits per heavy atom. The number of hydrogen-bond acceptors (Lipinski definition) is 6. The molecule has 7 aromatic rings. The Morgan fingerprint density at radius 1 is 0.950 bits per heavy atom. The van der Waals surface area contributed by atoms with Crippen LogP contribution in [-0.2, 0) is 0 Å². The Morgan fingerprint density at radius 3 is 2.65 bits per heavy atom. The zero-order chi connectivity index (χ0) is 27.2. The molecule has 0 aliphatic heterocycles. The lowest BCUT2D eigenvalue weighted by Gasteiger charge is -2.08. The number of aromatic amines is 2. The first-order valence-corrected chi connectivity index (χ1v) is 13.0. The number of imidazole rings is 1. The van der Waals surface area contributed by atoms with E-state index in [2.05, 4.69) is 30.5 Å². The summed E-state index contributed by atoms with van der Waals surface area (Å²) in [5, 5.41) is 10.1. The van der Waals surface area contributed by atoms with Crippen LogP contribution in [0.1, 0.15) is 10.4 Å². The van der Waals surface area contributed by atoms with Crippen LogP contribution in [0.4, 0.5) is 14.5 Å². The van der Waals surface area contributed by atoms with Crippen molar-refractivity contribution in [3.8, 4) is 33.1 Å². The van der Waals surface area contributed by atoms with Gasteiger partial charge in [0.25, 0.3) is 5.91 Å². The van der Waals surface area contributed by atoms with Crippen LogP contribution in [-0.4, -0.2) is 36.0 Å². The summed E-state index contributed by atoms with van der Waals surface area (Å²) < 4.78 is 28.9. The lowest BCUT2D eigenvalue weighted by atomic mass is 10.0. The van der Waals surface area contributed by atoms with Gasteiger partial charge in [-0.15, -0.1) is 11.3 Å². The van der Waals surface area contributed by atoms with E-state index in [0.29, 0.717) is 50.4 Å². The quantitative estimate of drug-likeness (QED) is 0.218. The summed E-state index contributed by atoms with van der Waals surface area (Å²) >= 11 is 1.02. The van der Waals surface area contributed by atoms with Gasteiger partial charge in [0.1, 0.15) is 22.5 Å². The van der Waals surface area contributed by atoms with Crippen molar-refractivity contribution in [3.63, 3.8) is 0 Å². The number of halogens is 2. The van der Waals surface area contributed by atoms with E-state index in [1.54, 1.807) is 60.9 Å². The molecule has 0 atom stereocenters. The first kappa shape index (κ1) is 23.8. The van der Waals surface area contributed by atoms with Crippen molar-refractivity contribution < 1.29 is 13.6 Å². The van der Waals surface area contributed by atoms with Crippen molar-refractivity contribution >= 4 is 45.0 Å². The van der Waals surface area contributed by atoms with Crippen LogP contribution in [0.5, 0.6) is 0 Å². The number of aromatic nitrogens is 6. The number of nitrogens with one attached hydrogen (secondary N) is 3. The maximum atomic E-state index is 15.2. The van der Waals surface area contributed by atoms with Crippen LogP contribution in [0.2, 0.25) is 0 Å². The number of hydrogen-bond donors (Lipinski definition) is 3. The molecule has 0 aliphatic rings. The van der Waals surface area contributed by atoms with Gasteiger partial charge < -0.3 is 10.3 Å². The highest BCUT2D eigenvalue weighted by molar-refractivity contribution is 7.14. The van der Waals surface area contributed by atoms with Gasteiger partial charge in [-0.2, -0.15) is 9.49 Å². The smallest absolute Gasteiger partial charge is 0.255 e. The van der Waals surface area contributed by atoms with E-state index in [9.17, 15) is 9.18 Å². The van der Waals surface area contributed by atoms with E-state index in [4.69, 9.17) is 4.98 Å².